The molecule has 0 spiro atoms. The summed E-state index contributed by atoms with van der Waals surface area (Å²) in [5.41, 5.74) is 8.43. The van der Waals surface area contributed by atoms with Crippen molar-refractivity contribution in [1.82, 2.24) is 4.98 Å². The SMILES string of the molecule is N#Cc1cnc2ccccc2c1NCC1(N)CCC1. The predicted molar refractivity (Wildman–Crippen MR) is 75.7 cm³/mol. The molecule has 0 bridgehead atoms. The molecule has 0 amide bonds. The molecule has 0 radical (unpaired) electrons. The van der Waals surface area contributed by atoms with Gasteiger partial charge in [-0.1, -0.05) is 18.2 Å². The van der Waals surface area contributed by atoms with Crippen LogP contribution in [0.4, 0.5) is 5.69 Å². The van der Waals surface area contributed by atoms with E-state index in [-0.39, 0.29) is 5.54 Å². The second-order valence-electron chi connectivity index (χ2n) is 5.25. The van der Waals surface area contributed by atoms with E-state index in [1.807, 2.05) is 24.3 Å². The lowest BCUT2D eigenvalue weighted by Gasteiger charge is -2.38. The van der Waals surface area contributed by atoms with E-state index in [1.165, 1.54) is 6.42 Å². The average molecular weight is 252 g/mol. The predicted octanol–water partition coefficient (Wildman–Crippen LogP) is 2.40. The molecule has 1 aliphatic carbocycles. The highest BCUT2D eigenvalue weighted by atomic mass is 15.0. The zero-order chi connectivity index (χ0) is 13.3. The molecule has 1 aliphatic rings. The molecule has 4 heteroatoms. The van der Waals surface area contributed by atoms with Crippen LogP contribution < -0.4 is 11.1 Å². The molecule has 0 unspecified atom stereocenters. The monoisotopic (exact) mass is 252 g/mol. The molecule has 0 saturated heterocycles. The van der Waals surface area contributed by atoms with Crippen LogP contribution in [0, 0.1) is 11.3 Å². The molecule has 3 rings (SSSR count). The first-order valence-electron chi connectivity index (χ1n) is 6.52. The van der Waals surface area contributed by atoms with Crippen LogP contribution in [0.1, 0.15) is 24.8 Å². The number of nitrogens with zero attached hydrogens (tertiary/aromatic N) is 2. The Kier molecular flexibility index (Phi) is 2.84. The van der Waals surface area contributed by atoms with E-state index in [1.54, 1.807) is 6.20 Å². The quantitative estimate of drug-likeness (QED) is 0.879. The Labute approximate surface area is 112 Å². The van der Waals surface area contributed by atoms with Gasteiger partial charge in [-0.3, -0.25) is 4.98 Å². The molecule has 1 aromatic heterocycles. The number of anilines is 1. The zero-order valence-electron chi connectivity index (χ0n) is 10.7. The normalized spacial score (nSPS) is 16.6. The van der Waals surface area contributed by atoms with Crippen LogP contribution in [-0.2, 0) is 0 Å². The first-order chi connectivity index (χ1) is 9.22. The van der Waals surface area contributed by atoms with Crippen molar-refractivity contribution in [3.63, 3.8) is 0 Å². The van der Waals surface area contributed by atoms with Crippen LogP contribution in [0.25, 0.3) is 10.9 Å². The minimum atomic E-state index is -0.114. The number of nitrogens with two attached hydrogens (primary N) is 1. The maximum Gasteiger partial charge on any atom is 0.103 e. The van der Waals surface area contributed by atoms with Gasteiger partial charge in [0.1, 0.15) is 6.07 Å². The summed E-state index contributed by atoms with van der Waals surface area (Å²) in [5, 5.41) is 13.6. The van der Waals surface area contributed by atoms with Gasteiger partial charge in [-0.25, -0.2) is 0 Å². The van der Waals surface area contributed by atoms with Crippen molar-refractivity contribution in [2.24, 2.45) is 5.73 Å². The molecule has 1 heterocycles. The Bertz CT molecular complexity index is 653. The van der Waals surface area contributed by atoms with Crippen LogP contribution >= 0.6 is 0 Å². The summed E-state index contributed by atoms with van der Waals surface area (Å²) < 4.78 is 0. The summed E-state index contributed by atoms with van der Waals surface area (Å²) >= 11 is 0. The third kappa shape index (κ3) is 2.13. The standard InChI is InChI=1S/C15H16N4/c16-8-11-9-18-13-5-2-1-4-12(13)14(11)19-10-15(17)6-3-7-15/h1-2,4-5,9H,3,6-7,10,17H2,(H,18,19). The molecule has 2 aromatic rings. The molecule has 3 N–H and O–H groups in total. The van der Waals surface area contributed by atoms with E-state index in [0.29, 0.717) is 12.1 Å². The molecule has 19 heavy (non-hydrogen) atoms. The fourth-order valence-corrected chi connectivity index (χ4v) is 2.49. The number of nitrogens with one attached hydrogen (secondary N) is 1. The fourth-order valence-electron chi connectivity index (χ4n) is 2.49. The van der Waals surface area contributed by atoms with Crippen molar-refractivity contribution in [3.05, 3.63) is 36.0 Å². The van der Waals surface area contributed by atoms with Gasteiger partial charge in [0.2, 0.25) is 0 Å². The van der Waals surface area contributed by atoms with Crippen molar-refractivity contribution in [2.75, 3.05) is 11.9 Å². The summed E-state index contributed by atoms with van der Waals surface area (Å²) in [4.78, 5) is 4.30. The van der Waals surface area contributed by atoms with Gasteiger partial charge in [0, 0.05) is 23.7 Å². The van der Waals surface area contributed by atoms with Crippen LogP contribution in [0.15, 0.2) is 30.5 Å². The van der Waals surface area contributed by atoms with Gasteiger partial charge in [0.05, 0.1) is 16.8 Å². The molecule has 0 atom stereocenters. The third-order valence-corrected chi connectivity index (χ3v) is 3.86. The molecular weight excluding hydrogens is 236 g/mol. The van der Waals surface area contributed by atoms with Gasteiger partial charge in [-0.2, -0.15) is 5.26 Å². The van der Waals surface area contributed by atoms with E-state index in [4.69, 9.17) is 5.73 Å². The average Bonchev–Trinajstić information content (AvgIpc) is 2.42. The number of nitriles is 1. The topological polar surface area (TPSA) is 74.7 Å². The molecular formula is C15H16N4. The second kappa shape index (κ2) is 4.52. The summed E-state index contributed by atoms with van der Waals surface area (Å²) in [7, 11) is 0. The Balaban J connectivity index is 1.98. The maximum absolute atomic E-state index is 9.22. The molecule has 1 fully saturated rings. The van der Waals surface area contributed by atoms with Crippen LogP contribution in [-0.4, -0.2) is 17.1 Å². The molecule has 1 saturated carbocycles. The first kappa shape index (κ1) is 11.9. The largest absolute Gasteiger partial charge is 0.382 e. The lowest BCUT2D eigenvalue weighted by atomic mass is 9.77. The van der Waals surface area contributed by atoms with E-state index in [0.717, 1.165) is 29.4 Å². The highest BCUT2D eigenvalue weighted by molar-refractivity contribution is 5.93. The number of aromatic nitrogens is 1. The molecule has 1 aromatic carbocycles. The Hall–Kier alpha value is -2.12. The fraction of sp³-hybridized carbons (Fsp3) is 0.333. The number of pyridine rings is 1. The Morgan fingerprint density at radius 2 is 2.16 bits per heavy atom. The van der Waals surface area contributed by atoms with Gasteiger partial charge < -0.3 is 11.1 Å². The van der Waals surface area contributed by atoms with Gasteiger partial charge in [0.25, 0.3) is 0 Å². The van der Waals surface area contributed by atoms with Gasteiger partial charge in [0.15, 0.2) is 0 Å². The lowest BCUT2D eigenvalue weighted by Crippen LogP contribution is -2.52. The highest BCUT2D eigenvalue weighted by Crippen LogP contribution is 2.31. The van der Waals surface area contributed by atoms with E-state index in [2.05, 4.69) is 16.4 Å². The van der Waals surface area contributed by atoms with Crippen molar-refractivity contribution >= 4 is 16.6 Å². The zero-order valence-corrected chi connectivity index (χ0v) is 10.7. The van der Waals surface area contributed by atoms with E-state index < -0.39 is 0 Å². The first-order valence-corrected chi connectivity index (χ1v) is 6.52. The van der Waals surface area contributed by atoms with Crippen LogP contribution in [0.2, 0.25) is 0 Å². The van der Waals surface area contributed by atoms with Gasteiger partial charge in [-0.05, 0) is 25.3 Å². The smallest absolute Gasteiger partial charge is 0.103 e. The summed E-state index contributed by atoms with van der Waals surface area (Å²) in [5.74, 6) is 0. The van der Waals surface area contributed by atoms with Crippen molar-refractivity contribution in [2.45, 2.75) is 24.8 Å². The Morgan fingerprint density at radius 3 is 2.84 bits per heavy atom. The van der Waals surface area contributed by atoms with E-state index in [9.17, 15) is 5.26 Å². The minimum Gasteiger partial charge on any atom is -0.382 e. The maximum atomic E-state index is 9.22. The summed E-state index contributed by atoms with van der Waals surface area (Å²) in [6, 6.07) is 10.0. The molecule has 0 aliphatic heterocycles. The summed E-state index contributed by atoms with van der Waals surface area (Å²) in [6.07, 6.45) is 4.91. The van der Waals surface area contributed by atoms with Crippen LogP contribution in [0.3, 0.4) is 0 Å². The third-order valence-electron chi connectivity index (χ3n) is 3.86. The Morgan fingerprint density at radius 1 is 1.37 bits per heavy atom. The second-order valence-corrected chi connectivity index (χ2v) is 5.25. The number of hydrogen-bond donors (Lipinski definition) is 2. The summed E-state index contributed by atoms with van der Waals surface area (Å²) in [6.45, 7) is 0.704. The number of fused-ring (bicyclic) bond motifs is 1. The van der Waals surface area contributed by atoms with Crippen molar-refractivity contribution in [1.29, 1.82) is 5.26 Å². The van der Waals surface area contributed by atoms with E-state index >= 15 is 0 Å². The molecule has 4 nitrogen and oxygen atoms in total. The number of hydrogen-bond acceptors (Lipinski definition) is 4. The highest BCUT2D eigenvalue weighted by Gasteiger charge is 2.32. The van der Waals surface area contributed by atoms with Crippen molar-refractivity contribution < 1.29 is 0 Å². The molecule has 96 valence electrons. The number of benzene rings is 1. The van der Waals surface area contributed by atoms with Crippen molar-refractivity contribution in [3.8, 4) is 6.07 Å². The minimum absolute atomic E-state index is 0.114. The van der Waals surface area contributed by atoms with Gasteiger partial charge in [-0.15, -0.1) is 0 Å². The number of para-hydroxylation sites is 1. The van der Waals surface area contributed by atoms with Crippen LogP contribution in [0.5, 0.6) is 0 Å². The number of rotatable bonds is 3. The van der Waals surface area contributed by atoms with Gasteiger partial charge >= 0.3 is 0 Å². The lowest BCUT2D eigenvalue weighted by molar-refractivity contribution is 0.265.